The van der Waals surface area contributed by atoms with Crippen LogP contribution in [0.2, 0.25) is 0 Å². The first-order valence-electron chi connectivity index (χ1n) is 7.42. The molecule has 2 aromatic rings. The summed E-state index contributed by atoms with van der Waals surface area (Å²) >= 11 is 0. The van der Waals surface area contributed by atoms with Crippen molar-refractivity contribution < 1.29 is 15.3 Å². The highest BCUT2D eigenvalue weighted by atomic mass is 16.3. The van der Waals surface area contributed by atoms with Crippen LogP contribution in [0.5, 0.6) is 17.2 Å². The summed E-state index contributed by atoms with van der Waals surface area (Å²) in [5, 5.41) is 30.9. The Morgan fingerprint density at radius 1 is 0.762 bits per heavy atom. The predicted molar refractivity (Wildman–Crippen MR) is 85.0 cm³/mol. The fourth-order valence-corrected chi connectivity index (χ4v) is 3.01. The van der Waals surface area contributed by atoms with Crippen molar-refractivity contribution in [1.82, 2.24) is 0 Å². The van der Waals surface area contributed by atoms with Crippen molar-refractivity contribution in [3.63, 3.8) is 0 Å². The number of hydrogen-bond donors (Lipinski definition) is 3. The molecule has 0 aliphatic rings. The van der Waals surface area contributed by atoms with Crippen LogP contribution in [0.25, 0.3) is 11.1 Å². The standard InChI is InChI=1S/C18H22O3/c1-4-13-14(5-2)17(20)16(18(21)15(13)6-3)11-8-7-9-12(19)10-11/h7-10,19-21H,4-6H2,1-3H3. The third-order valence-electron chi connectivity index (χ3n) is 3.97. The lowest BCUT2D eigenvalue weighted by Gasteiger charge is -2.20. The molecule has 0 saturated carbocycles. The van der Waals surface area contributed by atoms with Crippen LogP contribution in [0.4, 0.5) is 0 Å². The molecule has 0 aliphatic heterocycles. The van der Waals surface area contributed by atoms with Crippen LogP contribution in [0.3, 0.4) is 0 Å². The van der Waals surface area contributed by atoms with Crippen molar-refractivity contribution in [2.24, 2.45) is 0 Å². The summed E-state index contributed by atoms with van der Waals surface area (Å²) in [5.41, 5.74) is 3.82. The first kappa shape index (κ1) is 15.2. The Kier molecular flexibility index (Phi) is 4.41. The Balaban J connectivity index is 2.83. The topological polar surface area (TPSA) is 60.7 Å². The molecule has 0 unspecified atom stereocenters. The van der Waals surface area contributed by atoms with E-state index in [1.165, 1.54) is 0 Å². The summed E-state index contributed by atoms with van der Waals surface area (Å²) in [6.07, 6.45) is 2.18. The van der Waals surface area contributed by atoms with E-state index < -0.39 is 0 Å². The molecule has 0 atom stereocenters. The first-order valence-corrected chi connectivity index (χ1v) is 7.42. The molecule has 0 radical (unpaired) electrons. The maximum absolute atomic E-state index is 10.6. The fourth-order valence-electron chi connectivity index (χ4n) is 3.01. The highest BCUT2D eigenvalue weighted by Gasteiger charge is 2.22. The summed E-state index contributed by atoms with van der Waals surface area (Å²) in [4.78, 5) is 0. The van der Waals surface area contributed by atoms with Gasteiger partial charge in [0, 0.05) is 0 Å². The van der Waals surface area contributed by atoms with Crippen molar-refractivity contribution in [2.75, 3.05) is 0 Å². The van der Waals surface area contributed by atoms with Gasteiger partial charge in [0.1, 0.15) is 17.2 Å². The molecule has 2 rings (SSSR count). The molecule has 3 N–H and O–H groups in total. The maximum atomic E-state index is 10.6. The lowest BCUT2D eigenvalue weighted by Crippen LogP contribution is -2.01. The van der Waals surface area contributed by atoms with Crippen LogP contribution in [0, 0.1) is 0 Å². The highest BCUT2D eigenvalue weighted by molar-refractivity contribution is 5.81. The minimum absolute atomic E-state index is 0.113. The number of benzene rings is 2. The zero-order chi connectivity index (χ0) is 15.6. The number of hydrogen-bond acceptors (Lipinski definition) is 3. The van der Waals surface area contributed by atoms with E-state index in [0.29, 0.717) is 24.0 Å². The zero-order valence-electron chi connectivity index (χ0n) is 12.8. The molecular weight excluding hydrogens is 264 g/mol. The van der Waals surface area contributed by atoms with E-state index >= 15 is 0 Å². The van der Waals surface area contributed by atoms with Crippen molar-refractivity contribution in [1.29, 1.82) is 0 Å². The fraction of sp³-hybridized carbons (Fsp3) is 0.333. The van der Waals surface area contributed by atoms with Gasteiger partial charge in [-0.2, -0.15) is 0 Å². The molecule has 0 amide bonds. The molecular formula is C18H22O3. The SMILES string of the molecule is CCc1c(O)c(-c2cccc(O)c2)c(O)c(CC)c1CC. The van der Waals surface area contributed by atoms with E-state index in [0.717, 1.165) is 23.1 Å². The van der Waals surface area contributed by atoms with Gasteiger partial charge in [-0.15, -0.1) is 0 Å². The van der Waals surface area contributed by atoms with Crippen LogP contribution >= 0.6 is 0 Å². The lowest BCUT2D eigenvalue weighted by molar-refractivity contribution is 0.444. The maximum Gasteiger partial charge on any atom is 0.130 e. The Morgan fingerprint density at radius 3 is 1.71 bits per heavy atom. The van der Waals surface area contributed by atoms with Crippen LogP contribution in [-0.4, -0.2) is 15.3 Å². The van der Waals surface area contributed by atoms with Crippen molar-refractivity contribution >= 4 is 0 Å². The van der Waals surface area contributed by atoms with Crippen LogP contribution in [-0.2, 0) is 19.3 Å². The average Bonchev–Trinajstić information content (AvgIpc) is 2.46. The quantitative estimate of drug-likeness (QED) is 0.791. The van der Waals surface area contributed by atoms with Gasteiger partial charge >= 0.3 is 0 Å². The molecule has 112 valence electrons. The number of phenolic OH excluding ortho intramolecular Hbond substituents is 3. The van der Waals surface area contributed by atoms with Gasteiger partial charge in [-0.05, 0) is 53.6 Å². The normalized spacial score (nSPS) is 10.8. The minimum atomic E-state index is 0.113. The van der Waals surface area contributed by atoms with Gasteiger partial charge in [0.25, 0.3) is 0 Å². The van der Waals surface area contributed by atoms with Crippen LogP contribution < -0.4 is 0 Å². The van der Waals surface area contributed by atoms with Crippen LogP contribution in [0.1, 0.15) is 37.5 Å². The molecule has 3 heteroatoms. The number of phenols is 3. The highest BCUT2D eigenvalue weighted by Crippen LogP contribution is 2.45. The van der Waals surface area contributed by atoms with E-state index in [2.05, 4.69) is 0 Å². The van der Waals surface area contributed by atoms with Gasteiger partial charge < -0.3 is 15.3 Å². The number of aromatic hydroxyl groups is 3. The molecule has 2 aromatic carbocycles. The second-order valence-corrected chi connectivity index (χ2v) is 5.12. The molecule has 0 aliphatic carbocycles. The van der Waals surface area contributed by atoms with Crippen molar-refractivity contribution in [2.45, 2.75) is 40.0 Å². The molecule has 0 heterocycles. The zero-order valence-corrected chi connectivity index (χ0v) is 12.8. The Bertz CT molecular complexity index is 629. The Morgan fingerprint density at radius 2 is 1.29 bits per heavy atom. The molecule has 0 fully saturated rings. The number of rotatable bonds is 4. The molecule has 21 heavy (non-hydrogen) atoms. The third kappa shape index (κ3) is 2.56. The van der Waals surface area contributed by atoms with Gasteiger partial charge in [-0.3, -0.25) is 0 Å². The molecule has 0 aromatic heterocycles. The summed E-state index contributed by atoms with van der Waals surface area (Å²) < 4.78 is 0. The first-order chi connectivity index (χ1) is 10.0. The monoisotopic (exact) mass is 286 g/mol. The van der Waals surface area contributed by atoms with E-state index in [4.69, 9.17) is 0 Å². The largest absolute Gasteiger partial charge is 0.508 e. The van der Waals surface area contributed by atoms with Gasteiger partial charge in [-0.1, -0.05) is 32.9 Å². The average molecular weight is 286 g/mol. The second-order valence-electron chi connectivity index (χ2n) is 5.12. The second kappa shape index (κ2) is 6.08. The third-order valence-corrected chi connectivity index (χ3v) is 3.97. The molecule has 3 nitrogen and oxygen atoms in total. The van der Waals surface area contributed by atoms with E-state index in [1.807, 2.05) is 20.8 Å². The van der Waals surface area contributed by atoms with Gasteiger partial charge in [0.15, 0.2) is 0 Å². The minimum Gasteiger partial charge on any atom is -0.508 e. The lowest BCUT2D eigenvalue weighted by atomic mass is 9.88. The summed E-state index contributed by atoms with van der Waals surface area (Å²) in [6.45, 7) is 6.02. The van der Waals surface area contributed by atoms with Gasteiger partial charge in [0.05, 0.1) is 5.56 Å². The predicted octanol–water partition coefficient (Wildman–Crippen LogP) is 4.16. The van der Waals surface area contributed by atoms with Crippen molar-refractivity contribution in [3.05, 3.63) is 41.0 Å². The van der Waals surface area contributed by atoms with Crippen molar-refractivity contribution in [3.8, 4) is 28.4 Å². The Hall–Kier alpha value is -2.16. The van der Waals surface area contributed by atoms with E-state index in [-0.39, 0.29) is 17.2 Å². The molecule has 0 saturated heterocycles. The van der Waals surface area contributed by atoms with Gasteiger partial charge in [-0.25, -0.2) is 0 Å². The Labute approximate surface area is 125 Å². The van der Waals surface area contributed by atoms with Gasteiger partial charge in [0.2, 0.25) is 0 Å². The molecule has 0 spiro atoms. The van der Waals surface area contributed by atoms with E-state index in [1.54, 1.807) is 24.3 Å². The summed E-state index contributed by atoms with van der Waals surface area (Å²) in [6, 6.07) is 6.60. The van der Waals surface area contributed by atoms with E-state index in [9.17, 15) is 15.3 Å². The summed E-state index contributed by atoms with van der Waals surface area (Å²) in [5.74, 6) is 0.353. The van der Waals surface area contributed by atoms with Crippen LogP contribution in [0.15, 0.2) is 24.3 Å². The molecule has 0 bridgehead atoms. The summed E-state index contributed by atoms with van der Waals surface area (Å²) in [7, 11) is 0. The smallest absolute Gasteiger partial charge is 0.130 e.